The van der Waals surface area contributed by atoms with Crippen LogP contribution in [0.25, 0.3) is 0 Å². The lowest BCUT2D eigenvalue weighted by atomic mass is 10.3. The number of ether oxygens (including phenoxy) is 1. The number of amides is 2. The zero-order valence-electron chi connectivity index (χ0n) is 13.4. The van der Waals surface area contributed by atoms with Crippen LogP contribution in [-0.4, -0.2) is 67.9 Å². The van der Waals surface area contributed by atoms with E-state index in [1.54, 1.807) is 0 Å². The van der Waals surface area contributed by atoms with Crippen LogP contribution >= 0.6 is 7.82 Å². The van der Waals surface area contributed by atoms with Crippen LogP contribution < -0.4 is 10.6 Å². The van der Waals surface area contributed by atoms with E-state index < -0.39 is 33.0 Å². The fraction of sp³-hybridized carbons (Fsp3) is 0.692. The minimum atomic E-state index is -4.18. The molecule has 2 atom stereocenters. The van der Waals surface area contributed by atoms with Crippen LogP contribution in [0.1, 0.15) is 12.8 Å². The quantitative estimate of drug-likeness (QED) is 0.180. The van der Waals surface area contributed by atoms with Crippen molar-refractivity contribution in [2.75, 3.05) is 40.1 Å². The minimum Gasteiger partial charge on any atom is -0.394 e. The van der Waals surface area contributed by atoms with Gasteiger partial charge in [-0.1, -0.05) is 5.92 Å². The van der Waals surface area contributed by atoms with E-state index in [0.717, 1.165) is 7.11 Å². The topological polar surface area (TPSA) is 143 Å². The van der Waals surface area contributed by atoms with Crippen molar-refractivity contribution < 1.29 is 37.9 Å². The van der Waals surface area contributed by atoms with Gasteiger partial charge in [0.15, 0.2) is 0 Å². The molecule has 2 amide bonds. The highest BCUT2D eigenvalue weighted by molar-refractivity contribution is 7.47. The van der Waals surface area contributed by atoms with Crippen LogP contribution in [-0.2, 0) is 27.9 Å². The Morgan fingerprint density at radius 3 is 2.62 bits per heavy atom. The number of rotatable bonds is 13. The summed E-state index contributed by atoms with van der Waals surface area (Å²) in [6, 6.07) is -0.874. The van der Waals surface area contributed by atoms with E-state index in [2.05, 4.69) is 25.6 Å². The number of phosphoric ester groups is 1. The first-order valence-corrected chi connectivity index (χ1v) is 8.55. The van der Waals surface area contributed by atoms with Gasteiger partial charge in [0.2, 0.25) is 11.8 Å². The van der Waals surface area contributed by atoms with Crippen molar-refractivity contribution in [2.24, 2.45) is 0 Å². The highest BCUT2D eigenvalue weighted by atomic mass is 31.2. The van der Waals surface area contributed by atoms with Crippen molar-refractivity contribution >= 4 is 19.6 Å². The van der Waals surface area contributed by atoms with E-state index in [1.165, 1.54) is 0 Å². The van der Waals surface area contributed by atoms with Gasteiger partial charge in [0, 0.05) is 20.1 Å². The summed E-state index contributed by atoms with van der Waals surface area (Å²) in [5, 5.41) is 14.0. The summed E-state index contributed by atoms with van der Waals surface area (Å²) < 4.78 is 24.8. The summed E-state index contributed by atoms with van der Waals surface area (Å²) in [5.41, 5.74) is 0. The Morgan fingerprint density at radius 1 is 1.33 bits per heavy atom. The molecular weight excluding hydrogens is 343 g/mol. The van der Waals surface area contributed by atoms with Gasteiger partial charge in [-0.15, -0.1) is 6.42 Å². The predicted octanol–water partition coefficient (Wildman–Crippen LogP) is -1.23. The number of carbonyl (C=O) groups is 2. The lowest BCUT2D eigenvalue weighted by Gasteiger charge is -2.17. The molecule has 2 unspecified atom stereocenters. The molecule has 138 valence electrons. The van der Waals surface area contributed by atoms with Crippen LogP contribution in [0.15, 0.2) is 0 Å². The molecule has 0 spiro atoms. The number of hydrogen-bond acceptors (Lipinski definition) is 7. The molecule has 0 bridgehead atoms. The Morgan fingerprint density at radius 2 is 2.04 bits per heavy atom. The van der Waals surface area contributed by atoms with Gasteiger partial charge in [-0.05, 0) is 0 Å². The van der Waals surface area contributed by atoms with E-state index >= 15 is 0 Å². The molecule has 0 aliphatic carbocycles. The molecule has 0 saturated carbocycles. The number of terminal acetylenes is 1. The lowest BCUT2D eigenvalue weighted by Crippen LogP contribution is -2.42. The summed E-state index contributed by atoms with van der Waals surface area (Å²) in [5.74, 6) is 1.51. The summed E-state index contributed by atoms with van der Waals surface area (Å²) >= 11 is 0. The molecule has 24 heavy (non-hydrogen) atoms. The van der Waals surface area contributed by atoms with Gasteiger partial charge in [-0.3, -0.25) is 18.6 Å². The smallest absolute Gasteiger partial charge is 0.394 e. The molecule has 0 aromatic heterocycles. The second kappa shape index (κ2) is 12.9. The molecule has 0 saturated heterocycles. The number of aliphatic hydroxyl groups excluding tert-OH is 1. The van der Waals surface area contributed by atoms with Crippen LogP contribution in [0, 0.1) is 12.3 Å². The van der Waals surface area contributed by atoms with Crippen molar-refractivity contribution in [1.82, 2.24) is 10.6 Å². The van der Waals surface area contributed by atoms with Crippen molar-refractivity contribution in [3.63, 3.8) is 0 Å². The minimum absolute atomic E-state index is 0.0332. The fourth-order valence-corrected chi connectivity index (χ4v) is 1.85. The first-order chi connectivity index (χ1) is 11.3. The Labute approximate surface area is 140 Å². The maximum absolute atomic E-state index is 11.6. The largest absolute Gasteiger partial charge is 0.471 e. The first-order valence-electron chi connectivity index (χ1n) is 7.05. The molecule has 4 N–H and O–H groups in total. The van der Waals surface area contributed by atoms with E-state index in [4.69, 9.17) is 21.2 Å². The maximum Gasteiger partial charge on any atom is 0.471 e. The number of aliphatic hydroxyl groups is 1. The third-order valence-corrected chi connectivity index (χ3v) is 3.52. The van der Waals surface area contributed by atoms with Gasteiger partial charge < -0.3 is 25.4 Å². The third kappa shape index (κ3) is 12.0. The predicted molar refractivity (Wildman–Crippen MR) is 83.7 cm³/mol. The molecule has 10 nitrogen and oxygen atoms in total. The number of carbonyl (C=O) groups excluding carboxylic acids is 2. The Balaban J connectivity index is 3.92. The fourth-order valence-electron chi connectivity index (χ4n) is 1.38. The van der Waals surface area contributed by atoms with Gasteiger partial charge in [0.1, 0.15) is 6.61 Å². The van der Waals surface area contributed by atoms with E-state index in [1.807, 2.05) is 0 Å². The molecule has 0 radical (unpaired) electrons. The van der Waals surface area contributed by atoms with Gasteiger partial charge in [0.05, 0.1) is 32.3 Å². The number of nitrogens with one attached hydrogen (secondary N) is 2. The van der Waals surface area contributed by atoms with Crippen LogP contribution in [0.4, 0.5) is 0 Å². The van der Waals surface area contributed by atoms with Gasteiger partial charge in [-0.25, -0.2) is 4.57 Å². The summed E-state index contributed by atoms with van der Waals surface area (Å²) in [7, 11) is -3.18. The molecule has 0 aliphatic rings. The Kier molecular flexibility index (Phi) is 12.1. The highest BCUT2D eigenvalue weighted by Crippen LogP contribution is 2.41. The van der Waals surface area contributed by atoms with Crippen LogP contribution in [0.5, 0.6) is 0 Å². The number of phosphoric acid groups is 1. The van der Waals surface area contributed by atoms with Crippen molar-refractivity contribution in [3.8, 4) is 12.3 Å². The molecule has 11 heteroatoms. The molecule has 0 aromatic rings. The zero-order chi connectivity index (χ0) is 18.4. The Hall–Kier alpha value is -1.47. The average Bonchev–Trinajstić information content (AvgIpc) is 2.55. The molecule has 0 fully saturated rings. The molecule has 0 rings (SSSR count). The van der Waals surface area contributed by atoms with E-state index in [9.17, 15) is 14.2 Å². The SMILES string of the molecule is C#CCOCCC(=O)NCCC(=O)NC(CO)COP(=O)(O)OC. The molecule has 0 heterocycles. The normalized spacial score (nSPS) is 14.2. The summed E-state index contributed by atoms with van der Waals surface area (Å²) in [6.45, 7) is -0.483. The van der Waals surface area contributed by atoms with Crippen LogP contribution in [0.2, 0.25) is 0 Å². The monoisotopic (exact) mass is 366 g/mol. The average molecular weight is 366 g/mol. The van der Waals surface area contributed by atoms with Crippen molar-refractivity contribution in [2.45, 2.75) is 18.9 Å². The van der Waals surface area contributed by atoms with Crippen LogP contribution in [0.3, 0.4) is 0 Å². The highest BCUT2D eigenvalue weighted by Gasteiger charge is 2.21. The maximum atomic E-state index is 11.6. The summed E-state index contributed by atoms with van der Waals surface area (Å²) in [6.07, 6.45) is 5.07. The standard InChI is InChI=1S/C13H23N2O8P/c1-3-7-22-8-5-12(17)14-6-4-13(18)15-11(9-16)10-23-24(19,20)21-2/h1,11,16H,4-10H2,2H3,(H,14,17)(H,15,18)(H,19,20). The van der Waals surface area contributed by atoms with Crippen molar-refractivity contribution in [3.05, 3.63) is 0 Å². The van der Waals surface area contributed by atoms with E-state index in [-0.39, 0.29) is 38.5 Å². The first kappa shape index (κ1) is 22.5. The molecule has 0 aliphatic heterocycles. The van der Waals surface area contributed by atoms with Gasteiger partial charge >= 0.3 is 7.82 Å². The van der Waals surface area contributed by atoms with E-state index in [0.29, 0.717) is 0 Å². The molecule has 0 aromatic carbocycles. The third-order valence-electron chi connectivity index (χ3n) is 2.59. The Bertz CT molecular complexity index is 479. The van der Waals surface area contributed by atoms with Gasteiger partial charge in [0.25, 0.3) is 0 Å². The second-order valence-electron chi connectivity index (χ2n) is 4.50. The summed E-state index contributed by atoms with van der Waals surface area (Å²) in [4.78, 5) is 32.1. The van der Waals surface area contributed by atoms with Gasteiger partial charge in [-0.2, -0.15) is 0 Å². The number of hydrogen-bond donors (Lipinski definition) is 4. The molecular formula is C13H23N2O8P. The van der Waals surface area contributed by atoms with Crippen molar-refractivity contribution in [1.29, 1.82) is 0 Å². The lowest BCUT2D eigenvalue weighted by molar-refractivity contribution is -0.123. The second-order valence-corrected chi connectivity index (χ2v) is 6.06. The zero-order valence-corrected chi connectivity index (χ0v) is 14.3.